The molecule has 6 heteroatoms. The van der Waals surface area contributed by atoms with Gasteiger partial charge in [-0.15, -0.1) is 0 Å². The quantitative estimate of drug-likeness (QED) is 0.675. The average Bonchev–Trinajstić information content (AvgIpc) is 3.19. The summed E-state index contributed by atoms with van der Waals surface area (Å²) in [6.45, 7) is 2.62. The lowest BCUT2D eigenvalue weighted by Gasteiger charge is -2.33. The second-order valence-corrected chi connectivity index (χ2v) is 6.78. The minimum absolute atomic E-state index is 0.0667. The Morgan fingerprint density at radius 3 is 2.88 bits per heavy atom. The molecule has 1 aromatic rings. The summed E-state index contributed by atoms with van der Waals surface area (Å²) >= 11 is 0. The number of rotatable bonds is 3. The number of ether oxygens (including phenoxy) is 1. The predicted octanol–water partition coefficient (Wildman–Crippen LogP) is 2.19. The van der Waals surface area contributed by atoms with Crippen LogP contribution in [-0.2, 0) is 16.6 Å². The average molecular weight is 338 g/mol. The third kappa shape index (κ3) is 3.31. The van der Waals surface area contributed by atoms with E-state index in [1.54, 1.807) is 23.8 Å². The molecule has 1 aliphatic heterocycles. The Morgan fingerprint density at radius 2 is 2.20 bits per heavy atom. The molecule has 2 heterocycles. The molecule has 3 atom stereocenters. The summed E-state index contributed by atoms with van der Waals surface area (Å²) in [5.41, 5.74) is 2.13. The van der Waals surface area contributed by atoms with E-state index in [0.717, 1.165) is 43.5 Å². The van der Waals surface area contributed by atoms with Crippen LogP contribution in [0.4, 0.5) is 0 Å². The van der Waals surface area contributed by atoms with Crippen LogP contribution >= 0.6 is 0 Å². The molecule has 0 bridgehead atoms. The lowest BCUT2D eigenvalue weighted by atomic mass is 9.81. The minimum atomic E-state index is -0.346. The first-order chi connectivity index (χ1) is 12.0. The van der Waals surface area contributed by atoms with Crippen molar-refractivity contribution in [2.45, 2.75) is 44.8 Å². The molecule has 25 heavy (non-hydrogen) atoms. The van der Waals surface area contributed by atoms with Gasteiger partial charge in [0.2, 0.25) is 0 Å². The zero-order valence-corrected chi connectivity index (χ0v) is 14.6. The van der Waals surface area contributed by atoms with E-state index in [0.29, 0.717) is 11.6 Å². The van der Waals surface area contributed by atoms with Crippen LogP contribution in [0.3, 0.4) is 0 Å². The van der Waals surface area contributed by atoms with Crippen LogP contribution in [0.5, 0.6) is 0 Å². The van der Waals surface area contributed by atoms with Gasteiger partial charge in [0, 0.05) is 31.3 Å². The van der Waals surface area contributed by atoms with Crippen molar-refractivity contribution in [1.29, 1.82) is 10.5 Å². The van der Waals surface area contributed by atoms with Crippen molar-refractivity contribution in [2.75, 3.05) is 6.61 Å². The number of aromatic nitrogens is 1. The fraction of sp³-hybridized carbons (Fsp3) is 0.526. The maximum atomic E-state index is 12.6. The first kappa shape index (κ1) is 17.3. The van der Waals surface area contributed by atoms with Crippen LogP contribution in [0.25, 0.3) is 6.08 Å². The number of nitriles is 2. The van der Waals surface area contributed by atoms with Gasteiger partial charge in [-0.05, 0) is 50.3 Å². The molecule has 0 aromatic carbocycles. The van der Waals surface area contributed by atoms with Gasteiger partial charge in [0.15, 0.2) is 0 Å². The van der Waals surface area contributed by atoms with Gasteiger partial charge in [-0.3, -0.25) is 4.79 Å². The second-order valence-electron chi connectivity index (χ2n) is 6.78. The molecule has 0 radical (unpaired) electrons. The van der Waals surface area contributed by atoms with Gasteiger partial charge in [-0.25, -0.2) is 0 Å². The highest BCUT2D eigenvalue weighted by atomic mass is 16.5. The van der Waals surface area contributed by atoms with Gasteiger partial charge in [-0.1, -0.05) is 0 Å². The van der Waals surface area contributed by atoms with Crippen LogP contribution in [-0.4, -0.2) is 29.2 Å². The molecule has 1 aliphatic carbocycles. The third-order valence-corrected chi connectivity index (χ3v) is 5.45. The SMILES string of the molecule is Cc1c(/C=C(\C#N)C(=O)NC2CCCC3OCCC23)cc(C#N)n1C. The number of carbonyl (C=O) groups excluding carboxylic acids is 1. The minimum Gasteiger partial charge on any atom is -0.378 e. The highest BCUT2D eigenvalue weighted by Gasteiger charge is 2.38. The van der Waals surface area contributed by atoms with Gasteiger partial charge in [0.25, 0.3) is 5.91 Å². The smallest absolute Gasteiger partial charge is 0.262 e. The van der Waals surface area contributed by atoms with E-state index < -0.39 is 0 Å². The molecular formula is C19H22N4O2. The molecule has 2 fully saturated rings. The summed E-state index contributed by atoms with van der Waals surface area (Å²) in [6, 6.07) is 5.87. The third-order valence-electron chi connectivity index (χ3n) is 5.45. The summed E-state index contributed by atoms with van der Waals surface area (Å²) in [5.74, 6) is 0.00288. The zero-order valence-electron chi connectivity index (χ0n) is 14.6. The molecule has 6 nitrogen and oxygen atoms in total. The van der Waals surface area contributed by atoms with Crippen molar-refractivity contribution in [1.82, 2.24) is 9.88 Å². The number of carbonyl (C=O) groups is 1. The fourth-order valence-electron chi connectivity index (χ4n) is 3.88. The Kier molecular flexibility index (Phi) is 4.92. The normalized spacial score (nSPS) is 25.8. The molecule has 1 N–H and O–H groups in total. The molecule has 1 saturated carbocycles. The van der Waals surface area contributed by atoms with E-state index in [9.17, 15) is 10.1 Å². The van der Waals surface area contributed by atoms with Crippen molar-refractivity contribution in [3.05, 3.63) is 28.6 Å². The van der Waals surface area contributed by atoms with Crippen LogP contribution in [0.15, 0.2) is 11.6 Å². The maximum absolute atomic E-state index is 12.6. The molecule has 1 saturated heterocycles. The second kappa shape index (κ2) is 7.13. The highest BCUT2D eigenvalue weighted by Crippen LogP contribution is 2.34. The fourth-order valence-corrected chi connectivity index (χ4v) is 3.88. The Morgan fingerprint density at radius 1 is 1.40 bits per heavy atom. The van der Waals surface area contributed by atoms with Crippen molar-refractivity contribution >= 4 is 12.0 Å². The Hall–Kier alpha value is -2.57. The Labute approximate surface area is 147 Å². The summed E-state index contributed by atoms with van der Waals surface area (Å²) in [7, 11) is 1.79. The molecular weight excluding hydrogens is 316 g/mol. The lowest BCUT2D eigenvalue weighted by molar-refractivity contribution is -0.118. The van der Waals surface area contributed by atoms with E-state index in [1.807, 2.05) is 13.0 Å². The largest absolute Gasteiger partial charge is 0.378 e. The molecule has 1 aromatic heterocycles. The highest BCUT2D eigenvalue weighted by molar-refractivity contribution is 6.02. The van der Waals surface area contributed by atoms with Gasteiger partial charge in [0.1, 0.15) is 23.4 Å². The summed E-state index contributed by atoms with van der Waals surface area (Å²) in [6.07, 6.45) is 5.78. The van der Waals surface area contributed by atoms with Crippen molar-refractivity contribution in [3.63, 3.8) is 0 Å². The van der Waals surface area contributed by atoms with Crippen LogP contribution in [0.2, 0.25) is 0 Å². The van der Waals surface area contributed by atoms with Crippen molar-refractivity contribution in [2.24, 2.45) is 13.0 Å². The molecule has 1 amide bonds. The molecule has 2 aliphatic rings. The van der Waals surface area contributed by atoms with Crippen LogP contribution < -0.4 is 5.32 Å². The zero-order chi connectivity index (χ0) is 18.0. The monoisotopic (exact) mass is 338 g/mol. The number of nitrogens with one attached hydrogen (secondary N) is 1. The maximum Gasteiger partial charge on any atom is 0.262 e. The van der Waals surface area contributed by atoms with Gasteiger partial charge >= 0.3 is 0 Å². The molecule has 130 valence electrons. The van der Waals surface area contributed by atoms with E-state index in [1.165, 1.54) is 0 Å². The summed E-state index contributed by atoms with van der Waals surface area (Å²) in [5, 5.41) is 21.6. The Balaban J connectivity index is 1.78. The van der Waals surface area contributed by atoms with Gasteiger partial charge in [0.05, 0.1) is 6.10 Å². The van der Waals surface area contributed by atoms with E-state index >= 15 is 0 Å². The van der Waals surface area contributed by atoms with E-state index in [2.05, 4.69) is 11.4 Å². The van der Waals surface area contributed by atoms with Crippen molar-refractivity contribution < 1.29 is 9.53 Å². The molecule has 3 rings (SSSR count). The number of hydrogen-bond acceptors (Lipinski definition) is 4. The lowest BCUT2D eigenvalue weighted by Crippen LogP contribution is -2.46. The standard InChI is InChI=1S/C19H22N4O2/c1-12-13(9-15(11-21)23(12)2)8-14(10-20)19(24)22-17-4-3-5-18-16(17)6-7-25-18/h8-9,16-18H,3-7H2,1-2H3,(H,22,24)/b14-8+. The number of hydrogen-bond donors (Lipinski definition) is 1. The van der Waals surface area contributed by atoms with Crippen molar-refractivity contribution in [3.8, 4) is 12.1 Å². The first-order valence-corrected chi connectivity index (χ1v) is 8.65. The van der Waals surface area contributed by atoms with Crippen LogP contribution in [0, 0.1) is 35.5 Å². The molecule has 0 spiro atoms. The van der Waals surface area contributed by atoms with Gasteiger partial charge < -0.3 is 14.6 Å². The van der Waals surface area contributed by atoms with E-state index in [-0.39, 0.29) is 23.6 Å². The van der Waals surface area contributed by atoms with Gasteiger partial charge in [-0.2, -0.15) is 10.5 Å². The first-order valence-electron chi connectivity index (χ1n) is 8.65. The summed E-state index contributed by atoms with van der Waals surface area (Å²) in [4.78, 5) is 12.6. The molecule has 3 unspecified atom stereocenters. The topological polar surface area (TPSA) is 90.8 Å². The summed E-state index contributed by atoms with van der Waals surface area (Å²) < 4.78 is 7.48. The Bertz CT molecular complexity index is 794. The predicted molar refractivity (Wildman–Crippen MR) is 92.1 cm³/mol. The number of amides is 1. The number of fused-ring (bicyclic) bond motifs is 1. The van der Waals surface area contributed by atoms with E-state index in [4.69, 9.17) is 10.00 Å². The number of nitrogens with zero attached hydrogens (tertiary/aromatic N) is 3. The van der Waals surface area contributed by atoms with Crippen LogP contribution in [0.1, 0.15) is 42.6 Å².